The summed E-state index contributed by atoms with van der Waals surface area (Å²) in [4.78, 5) is 16.9. The highest BCUT2D eigenvalue weighted by Gasteiger charge is 2.39. The quantitative estimate of drug-likeness (QED) is 0.306. The molecule has 0 aliphatic heterocycles. The number of aryl methyl sites for hydroxylation is 1. The molecule has 8 nitrogen and oxygen atoms in total. The predicted octanol–water partition coefficient (Wildman–Crippen LogP) is 4.10. The first-order valence-corrected chi connectivity index (χ1v) is 9.52. The van der Waals surface area contributed by atoms with Crippen LogP contribution >= 0.6 is 0 Å². The summed E-state index contributed by atoms with van der Waals surface area (Å²) in [5.41, 5.74) is -2.33. The van der Waals surface area contributed by atoms with Gasteiger partial charge in [-0.2, -0.15) is 23.4 Å². The van der Waals surface area contributed by atoms with Gasteiger partial charge in [0, 0.05) is 30.9 Å². The van der Waals surface area contributed by atoms with E-state index >= 15 is 0 Å². The van der Waals surface area contributed by atoms with E-state index in [9.17, 15) is 26.7 Å². The normalized spacial score (nSPS) is 12.7. The lowest BCUT2D eigenvalue weighted by molar-refractivity contribution is -0.141. The minimum atomic E-state index is -4.83. The van der Waals surface area contributed by atoms with Crippen LogP contribution in [0.15, 0.2) is 35.5 Å². The fraction of sp³-hybridized carbons (Fsp3) is 0.300. The number of nitrogens with one attached hydrogen (secondary N) is 3. The van der Waals surface area contributed by atoms with Gasteiger partial charge in [-0.1, -0.05) is 0 Å². The first-order chi connectivity index (χ1) is 15.2. The van der Waals surface area contributed by atoms with Crippen molar-refractivity contribution in [3.8, 4) is 11.3 Å². The second-order valence-electron chi connectivity index (χ2n) is 8.10. The maximum Gasteiger partial charge on any atom is 0.435 e. The Balaban J connectivity index is 1.88. The van der Waals surface area contributed by atoms with Crippen molar-refractivity contribution in [2.45, 2.75) is 32.5 Å². The number of amides is 1. The SMILES string of the molecule is Cn1cc(C(=O)NC(=NC(C)(C)C)Nc2cc(-c3cc(F)cc(F)c3)[nH]n2)c(C(F)(F)F)n1. The molecule has 13 heteroatoms. The smallest absolute Gasteiger partial charge is 0.309 e. The van der Waals surface area contributed by atoms with Crippen LogP contribution < -0.4 is 10.6 Å². The number of guanidine groups is 1. The van der Waals surface area contributed by atoms with Crippen LogP contribution in [0.25, 0.3) is 11.3 Å². The molecule has 0 saturated heterocycles. The third-order valence-electron chi connectivity index (χ3n) is 4.02. The fourth-order valence-corrected chi connectivity index (χ4v) is 2.83. The lowest BCUT2D eigenvalue weighted by Crippen LogP contribution is -2.38. The third-order valence-corrected chi connectivity index (χ3v) is 4.02. The van der Waals surface area contributed by atoms with Crippen LogP contribution in [0.4, 0.5) is 27.8 Å². The molecule has 33 heavy (non-hydrogen) atoms. The van der Waals surface area contributed by atoms with Crippen molar-refractivity contribution in [3.05, 3.63) is 53.4 Å². The summed E-state index contributed by atoms with van der Waals surface area (Å²) < 4.78 is 67.6. The average Bonchev–Trinajstić information content (AvgIpc) is 3.26. The Labute approximate surface area is 184 Å². The van der Waals surface area contributed by atoms with Crippen molar-refractivity contribution in [3.63, 3.8) is 0 Å². The van der Waals surface area contributed by atoms with Gasteiger partial charge in [-0.3, -0.25) is 19.9 Å². The van der Waals surface area contributed by atoms with Gasteiger partial charge in [-0.05, 0) is 32.9 Å². The molecule has 3 rings (SSSR count). The lowest BCUT2D eigenvalue weighted by Gasteiger charge is -2.17. The number of H-pyrrole nitrogens is 1. The largest absolute Gasteiger partial charge is 0.435 e. The summed E-state index contributed by atoms with van der Waals surface area (Å²) >= 11 is 0. The Bertz CT molecular complexity index is 1180. The van der Waals surface area contributed by atoms with E-state index in [-0.39, 0.29) is 23.0 Å². The van der Waals surface area contributed by atoms with E-state index in [0.29, 0.717) is 0 Å². The number of anilines is 1. The van der Waals surface area contributed by atoms with E-state index in [1.54, 1.807) is 20.8 Å². The molecule has 0 unspecified atom stereocenters. The number of aromatic nitrogens is 4. The topological polar surface area (TPSA) is 100.0 Å². The second kappa shape index (κ2) is 8.64. The van der Waals surface area contributed by atoms with E-state index in [2.05, 4.69) is 30.9 Å². The van der Waals surface area contributed by atoms with Gasteiger partial charge < -0.3 is 5.32 Å². The number of carbonyl (C=O) groups is 1. The number of carbonyl (C=O) groups excluding carboxylic acids is 1. The number of aromatic amines is 1. The summed E-state index contributed by atoms with van der Waals surface area (Å²) in [7, 11) is 1.26. The maximum absolute atomic E-state index is 13.5. The molecule has 2 aromatic heterocycles. The zero-order valence-corrected chi connectivity index (χ0v) is 18.0. The van der Waals surface area contributed by atoms with Gasteiger partial charge in [-0.25, -0.2) is 13.8 Å². The molecule has 176 valence electrons. The molecule has 0 saturated carbocycles. The van der Waals surface area contributed by atoms with E-state index < -0.39 is 40.5 Å². The monoisotopic (exact) mass is 469 g/mol. The molecule has 3 N–H and O–H groups in total. The van der Waals surface area contributed by atoms with Crippen LogP contribution in [0, 0.1) is 11.6 Å². The zero-order chi connectivity index (χ0) is 24.6. The molecule has 0 fully saturated rings. The Morgan fingerprint density at radius 1 is 1.09 bits per heavy atom. The van der Waals surface area contributed by atoms with Crippen molar-refractivity contribution in [2.75, 3.05) is 5.32 Å². The number of nitrogens with zero attached hydrogens (tertiary/aromatic N) is 4. The van der Waals surface area contributed by atoms with E-state index in [4.69, 9.17) is 0 Å². The molecule has 0 aliphatic carbocycles. The van der Waals surface area contributed by atoms with Crippen LogP contribution in [0.3, 0.4) is 0 Å². The van der Waals surface area contributed by atoms with Gasteiger partial charge in [0.05, 0.1) is 16.8 Å². The number of halogens is 5. The van der Waals surface area contributed by atoms with Gasteiger partial charge in [0.1, 0.15) is 11.6 Å². The molecule has 0 spiro atoms. The van der Waals surface area contributed by atoms with Gasteiger partial charge in [0.15, 0.2) is 11.5 Å². The Morgan fingerprint density at radius 3 is 2.30 bits per heavy atom. The van der Waals surface area contributed by atoms with Crippen molar-refractivity contribution >= 4 is 17.7 Å². The van der Waals surface area contributed by atoms with Crippen LogP contribution in [0.5, 0.6) is 0 Å². The van der Waals surface area contributed by atoms with Crippen LogP contribution in [-0.4, -0.2) is 37.4 Å². The van der Waals surface area contributed by atoms with Crippen LogP contribution in [0.1, 0.15) is 36.8 Å². The minimum absolute atomic E-state index is 0.0974. The summed E-state index contributed by atoms with van der Waals surface area (Å²) in [6, 6.07) is 4.29. The molecule has 0 bridgehead atoms. The van der Waals surface area contributed by atoms with Gasteiger partial charge in [0.25, 0.3) is 5.91 Å². The number of alkyl halides is 3. The number of hydrogen-bond acceptors (Lipinski definition) is 4. The van der Waals surface area contributed by atoms with Crippen molar-refractivity contribution in [1.82, 2.24) is 25.3 Å². The van der Waals surface area contributed by atoms with Crippen LogP contribution in [0.2, 0.25) is 0 Å². The summed E-state index contributed by atoms with van der Waals surface area (Å²) in [6.45, 7) is 5.12. The Kier molecular flexibility index (Phi) is 6.25. The summed E-state index contributed by atoms with van der Waals surface area (Å²) in [6.07, 6.45) is -3.89. The molecule has 0 aliphatic rings. The third kappa shape index (κ3) is 6.14. The van der Waals surface area contributed by atoms with Crippen molar-refractivity contribution in [2.24, 2.45) is 12.0 Å². The minimum Gasteiger partial charge on any atom is -0.309 e. The highest BCUT2D eigenvalue weighted by atomic mass is 19.4. The van der Waals surface area contributed by atoms with Crippen molar-refractivity contribution in [1.29, 1.82) is 0 Å². The van der Waals surface area contributed by atoms with E-state index in [0.717, 1.165) is 29.1 Å². The van der Waals surface area contributed by atoms with Crippen LogP contribution in [-0.2, 0) is 13.2 Å². The molecule has 0 radical (unpaired) electrons. The van der Waals surface area contributed by atoms with E-state index in [1.807, 2.05) is 0 Å². The van der Waals surface area contributed by atoms with Gasteiger partial charge in [-0.15, -0.1) is 0 Å². The number of hydrogen-bond donors (Lipinski definition) is 3. The summed E-state index contributed by atoms with van der Waals surface area (Å²) in [5, 5.41) is 14.9. The first kappa shape index (κ1) is 23.9. The molecule has 1 aromatic carbocycles. The average molecular weight is 469 g/mol. The molecular formula is C20H20F5N7O. The first-order valence-electron chi connectivity index (χ1n) is 9.52. The fourth-order valence-electron chi connectivity index (χ4n) is 2.83. The molecule has 3 aromatic rings. The molecular weight excluding hydrogens is 449 g/mol. The predicted molar refractivity (Wildman–Crippen MR) is 110 cm³/mol. The lowest BCUT2D eigenvalue weighted by atomic mass is 10.1. The number of benzene rings is 1. The molecule has 1 amide bonds. The second-order valence-corrected chi connectivity index (χ2v) is 8.10. The number of rotatable bonds is 3. The molecule has 2 heterocycles. The summed E-state index contributed by atoms with van der Waals surface area (Å²) in [5.74, 6) is -2.75. The zero-order valence-electron chi connectivity index (χ0n) is 18.0. The number of aliphatic imine (C=N–C) groups is 1. The Morgan fingerprint density at radius 2 is 1.73 bits per heavy atom. The highest BCUT2D eigenvalue weighted by molar-refractivity contribution is 6.10. The highest BCUT2D eigenvalue weighted by Crippen LogP contribution is 2.30. The van der Waals surface area contributed by atoms with Gasteiger partial charge >= 0.3 is 6.18 Å². The van der Waals surface area contributed by atoms with Crippen molar-refractivity contribution < 1.29 is 26.7 Å². The molecule has 0 atom stereocenters. The maximum atomic E-state index is 13.5. The Hall–Kier alpha value is -3.77. The van der Waals surface area contributed by atoms with E-state index in [1.165, 1.54) is 13.1 Å². The standard InChI is InChI=1S/C20H20F5N7O/c1-19(2,3)28-18(27-17(33)13-9-32(4)31-16(13)20(23,24)25)26-15-8-14(29-30-15)10-5-11(21)7-12(22)6-10/h5-9H,1-4H3,(H3,26,27,28,29,30,33). The van der Waals surface area contributed by atoms with Gasteiger partial charge in [0.2, 0.25) is 5.96 Å².